The summed E-state index contributed by atoms with van der Waals surface area (Å²) in [4.78, 5) is 12.3. The average molecular weight is 276 g/mol. The molecule has 2 rings (SSSR count). The van der Waals surface area contributed by atoms with E-state index < -0.39 is 0 Å². The van der Waals surface area contributed by atoms with Gasteiger partial charge in [0.05, 0.1) is 19.2 Å². The molecular formula is C16H24N2O2. The molecule has 110 valence electrons. The molecule has 2 N–H and O–H groups in total. The van der Waals surface area contributed by atoms with E-state index in [9.17, 15) is 4.79 Å². The van der Waals surface area contributed by atoms with Gasteiger partial charge in [0.2, 0.25) is 5.91 Å². The van der Waals surface area contributed by atoms with Gasteiger partial charge in [-0.25, -0.2) is 0 Å². The summed E-state index contributed by atoms with van der Waals surface area (Å²) in [7, 11) is 1.65. The molecular weight excluding hydrogens is 252 g/mol. The minimum atomic E-state index is -0.0504. The van der Waals surface area contributed by atoms with Gasteiger partial charge in [-0.05, 0) is 44.0 Å². The van der Waals surface area contributed by atoms with E-state index in [1.807, 2.05) is 31.2 Å². The number of carbonyl (C=O) groups is 1. The van der Waals surface area contributed by atoms with Crippen LogP contribution in [-0.2, 0) is 4.79 Å². The zero-order chi connectivity index (χ0) is 14.4. The average Bonchev–Trinajstić information content (AvgIpc) is 2.76. The first-order valence-corrected chi connectivity index (χ1v) is 7.38. The molecule has 2 atom stereocenters. The number of benzene rings is 1. The van der Waals surface area contributed by atoms with Crippen LogP contribution < -0.4 is 15.4 Å². The predicted octanol–water partition coefficient (Wildman–Crippen LogP) is 2.40. The standard InChI is InChI=1S/C16H24N2O2/c1-12(13-7-6-8-14(11-13)20-2)18-16(19)15-9-4-3-5-10-17-15/h6-8,11-12,15,17H,3-5,9-10H2,1-2H3,(H,18,19)/t12-,15?/m1/s1. The highest BCUT2D eigenvalue weighted by atomic mass is 16.5. The van der Waals surface area contributed by atoms with Gasteiger partial charge >= 0.3 is 0 Å². The summed E-state index contributed by atoms with van der Waals surface area (Å²) in [5.41, 5.74) is 1.06. The van der Waals surface area contributed by atoms with Crippen LogP contribution >= 0.6 is 0 Å². The molecule has 1 unspecified atom stereocenters. The summed E-state index contributed by atoms with van der Waals surface area (Å²) in [5, 5.41) is 6.41. The summed E-state index contributed by atoms with van der Waals surface area (Å²) >= 11 is 0. The first-order chi connectivity index (χ1) is 9.70. The highest BCUT2D eigenvalue weighted by Crippen LogP contribution is 2.19. The predicted molar refractivity (Wildman–Crippen MR) is 79.8 cm³/mol. The normalized spacial score (nSPS) is 20.8. The zero-order valence-electron chi connectivity index (χ0n) is 12.3. The molecule has 4 heteroatoms. The van der Waals surface area contributed by atoms with Crippen LogP contribution in [0.25, 0.3) is 0 Å². The van der Waals surface area contributed by atoms with Gasteiger partial charge in [0.25, 0.3) is 0 Å². The van der Waals surface area contributed by atoms with Crippen molar-refractivity contribution < 1.29 is 9.53 Å². The molecule has 0 aliphatic carbocycles. The maximum atomic E-state index is 12.3. The summed E-state index contributed by atoms with van der Waals surface area (Å²) < 4.78 is 5.22. The van der Waals surface area contributed by atoms with Crippen molar-refractivity contribution in [3.63, 3.8) is 0 Å². The molecule has 0 bridgehead atoms. The van der Waals surface area contributed by atoms with Gasteiger partial charge in [-0.1, -0.05) is 25.0 Å². The fraction of sp³-hybridized carbons (Fsp3) is 0.562. The Morgan fingerprint density at radius 3 is 3.05 bits per heavy atom. The Hall–Kier alpha value is -1.55. The third-order valence-corrected chi connectivity index (χ3v) is 3.83. The lowest BCUT2D eigenvalue weighted by Crippen LogP contribution is -2.44. The fourth-order valence-corrected chi connectivity index (χ4v) is 2.56. The second-order valence-corrected chi connectivity index (χ2v) is 5.36. The third kappa shape index (κ3) is 3.97. The second kappa shape index (κ2) is 7.29. The number of carbonyl (C=O) groups excluding carboxylic acids is 1. The van der Waals surface area contributed by atoms with Crippen LogP contribution in [0.2, 0.25) is 0 Å². The van der Waals surface area contributed by atoms with Crippen molar-refractivity contribution in [3.8, 4) is 5.75 Å². The lowest BCUT2D eigenvalue weighted by molar-refractivity contribution is -0.123. The van der Waals surface area contributed by atoms with Crippen molar-refractivity contribution in [1.29, 1.82) is 0 Å². The first-order valence-electron chi connectivity index (χ1n) is 7.38. The topological polar surface area (TPSA) is 50.4 Å². The Labute approximate surface area is 120 Å². The fourth-order valence-electron chi connectivity index (χ4n) is 2.56. The zero-order valence-corrected chi connectivity index (χ0v) is 12.3. The monoisotopic (exact) mass is 276 g/mol. The minimum Gasteiger partial charge on any atom is -0.497 e. The van der Waals surface area contributed by atoms with Crippen molar-refractivity contribution in [2.45, 2.75) is 44.7 Å². The molecule has 0 aromatic heterocycles. The Bertz CT molecular complexity index is 440. The molecule has 20 heavy (non-hydrogen) atoms. The van der Waals surface area contributed by atoms with Crippen molar-refractivity contribution in [1.82, 2.24) is 10.6 Å². The second-order valence-electron chi connectivity index (χ2n) is 5.36. The Morgan fingerprint density at radius 1 is 1.40 bits per heavy atom. The van der Waals surface area contributed by atoms with Gasteiger partial charge in [0.1, 0.15) is 5.75 Å². The van der Waals surface area contributed by atoms with E-state index in [4.69, 9.17) is 4.74 Å². The van der Waals surface area contributed by atoms with Crippen molar-refractivity contribution in [2.24, 2.45) is 0 Å². The van der Waals surface area contributed by atoms with Crippen LogP contribution in [0.1, 0.15) is 44.2 Å². The van der Waals surface area contributed by atoms with Gasteiger partial charge < -0.3 is 15.4 Å². The van der Waals surface area contributed by atoms with Crippen LogP contribution in [0.3, 0.4) is 0 Å². The molecule has 0 spiro atoms. The summed E-state index contributed by atoms with van der Waals surface area (Å²) in [6.07, 6.45) is 4.42. The van der Waals surface area contributed by atoms with Gasteiger partial charge in [-0.3, -0.25) is 4.79 Å². The third-order valence-electron chi connectivity index (χ3n) is 3.83. The van der Waals surface area contributed by atoms with Crippen molar-refractivity contribution in [3.05, 3.63) is 29.8 Å². The number of hydrogen-bond acceptors (Lipinski definition) is 3. The Morgan fingerprint density at radius 2 is 2.25 bits per heavy atom. The smallest absolute Gasteiger partial charge is 0.237 e. The maximum absolute atomic E-state index is 12.3. The van der Waals surface area contributed by atoms with E-state index in [1.54, 1.807) is 7.11 Å². The molecule has 1 aromatic rings. The van der Waals surface area contributed by atoms with Crippen molar-refractivity contribution >= 4 is 5.91 Å². The number of amides is 1. The van der Waals surface area contributed by atoms with E-state index >= 15 is 0 Å². The lowest BCUT2D eigenvalue weighted by atomic mass is 10.1. The van der Waals surface area contributed by atoms with E-state index in [0.29, 0.717) is 0 Å². The molecule has 4 nitrogen and oxygen atoms in total. The Kier molecular flexibility index (Phi) is 5.41. The molecule has 1 fully saturated rings. The molecule has 1 amide bonds. The molecule has 1 aromatic carbocycles. The number of rotatable bonds is 4. The lowest BCUT2D eigenvalue weighted by Gasteiger charge is -2.20. The first kappa shape index (κ1) is 14.9. The molecule has 1 aliphatic rings. The molecule has 1 saturated heterocycles. The van der Waals surface area contributed by atoms with Gasteiger partial charge in [0, 0.05) is 0 Å². The maximum Gasteiger partial charge on any atom is 0.237 e. The highest BCUT2D eigenvalue weighted by molar-refractivity contribution is 5.82. The summed E-state index contributed by atoms with van der Waals surface area (Å²) in [5.74, 6) is 0.915. The molecule has 0 saturated carbocycles. The number of nitrogens with one attached hydrogen (secondary N) is 2. The summed E-state index contributed by atoms with van der Waals surface area (Å²) in [6.45, 7) is 2.94. The van der Waals surface area contributed by atoms with Gasteiger partial charge in [-0.2, -0.15) is 0 Å². The molecule has 0 radical (unpaired) electrons. The number of hydrogen-bond donors (Lipinski definition) is 2. The molecule has 1 heterocycles. The number of methoxy groups -OCH3 is 1. The highest BCUT2D eigenvalue weighted by Gasteiger charge is 2.21. The van der Waals surface area contributed by atoms with Crippen LogP contribution in [-0.4, -0.2) is 25.6 Å². The van der Waals surface area contributed by atoms with Crippen molar-refractivity contribution in [2.75, 3.05) is 13.7 Å². The minimum absolute atomic E-state index is 0.0114. The van der Waals surface area contributed by atoms with E-state index in [0.717, 1.165) is 37.1 Å². The quantitative estimate of drug-likeness (QED) is 0.888. The van der Waals surface area contributed by atoms with E-state index in [1.165, 1.54) is 6.42 Å². The van der Waals surface area contributed by atoms with Crippen LogP contribution in [0.5, 0.6) is 5.75 Å². The Balaban J connectivity index is 1.95. The van der Waals surface area contributed by atoms with Crippen LogP contribution in [0.4, 0.5) is 0 Å². The number of ether oxygens (including phenoxy) is 1. The van der Waals surface area contributed by atoms with E-state index in [-0.39, 0.29) is 18.0 Å². The van der Waals surface area contributed by atoms with E-state index in [2.05, 4.69) is 10.6 Å². The van der Waals surface area contributed by atoms with Crippen LogP contribution in [0.15, 0.2) is 24.3 Å². The van der Waals surface area contributed by atoms with Gasteiger partial charge in [0.15, 0.2) is 0 Å². The van der Waals surface area contributed by atoms with Gasteiger partial charge in [-0.15, -0.1) is 0 Å². The largest absolute Gasteiger partial charge is 0.497 e. The summed E-state index contributed by atoms with van der Waals surface area (Å²) in [6, 6.07) is 7.76. The van der Waals surface area contributed by atoms with Crippen LogP contribution in [0, 0.1) is 0 Å². The SMILES string of the molecule is COc1cccc([C@@H](C)NC(=O)C2CCCCCN2)c1. The molecule has 1 aliphatic heterocycles.